The molecule has 2 aromatic carbocycles. The van der Waals surface area contributed by atoms with Gasteiger partial charge in [0.2, 0.25) is 5.95 Å². The summed E-state index contributed by atoms with van der Waals surface area (Å²) in [6.45, 7) is 5.00. The second-order valence-electron chi connectivity index (χ2n) is 5.70. The van der Waals surface area contributed by atoms with Crippen LogP contribution in [0.2, 0.25) is 0 Å². The zero-order chi connectivity index (χ0) is 18.2. The first-order valence-electron chi connectivity index (χ1n) is 8.44. The first kappa shape index (κ1) is 17.5. The number of hydrogen-bond donors (Lipinski definition) is 2. The van der Waals surface area contributed by atoms with Gasteiger partial charge in [0.15, 0.2) is 0 Å². The number of hydrogen-bond acceptors (Lipinski definition) is 5. The molecule has 0 amide bonds. The maximum atomic E-state index is 5.19. The van der Waals surface area contributed by atoms with Crippen LogP contribution >= 0.6 is 0 Å². The van der Waals surface area contributed by atoms with E-state index < -0.39 is 0 Å². The molecule has 0 saturated heterocycles. The summed E-state index contributed by atoms with van der Waals surface area (Å²) in [4.78, 5) is 9.13. The summed E-state index contributed by atoms with van der Waals surface area (Å²) in [6, 6.07) is 20.0. The first-order valence-corrected chi connectivity index (χ1v) is 8.44. The second kappa shape index (κ2) is 8.67. The Balaban J connectivity index is 1.81. The number of aromatic nitrogens is 2. The van der Waals surface area contributed by atoms with Crippen molar-refractivity contribution < 1.29 is 4.74 Å². The van der Waals surface area contributed by atoms with Gasteiger partial charge in [0.05, 0.1) is 12.8 Å². The summed E-state index contributed by atoms with van der Waals surface area (Å²) < 4.78 is 5.19. The van der Waals surface area contributed by atoms with E-state index in [0.29, 0.717) is 19.0 Å². The molecule has 0 fully saturated rings. The van der Waals surface area contributed by atoms with E-state index >= 15 is 0 Å². The molecular weight excluding hydrogens is 324 g/mol. The quantitative estimate of drug-likeness (QED) is 0.593. The number of ether oxygens (including phenoxy) is 1. The van der Waals surface area contributed by atoms with Crippen molar-refractivity contribution in [3.63, 3.8) is 0 Å². The molecule has 1 aromatic heterocycles. The van der Waals surface area contributed by atoms with E-state index in [1.54, 1.807) is 13.2 Å². The zero-order valence-electron chi connectivity index (χ0n) is 14.8. The molecule has 5 nitrogen and oxygen atoms in total. The number of benzene rings is 2. The molecule has 0 spiro atoms. The summed E-state index contributed by atoms with van der Waals surface area (Å²) in [6.07, 6.45) is 1.78. The Bertz CT molecular complexity index is 848. The fraction of sp³-hybridized carbons (Fsp3) is 0.143. The smallest absolute Gasteiger partial charge is 0.225 e. The molecular formula is C21H22N4O. The SMILES string of the molecule is C=CCNc1nc(NCc2ccc(OC)cc2)cc(-c2ccccc2)n1. The minimum Gasteiger partial charge on any atom is -0.497 e. The van der Waals surface area contributed by atoms with E-state index in [2.05, 4.69) is 27.2 Å². The van der Waals surface area contributed by atoms with Gasteiger partial charge in [-0.2, -0.15) is 4.98 Å². The van der Waals surface area contributed by atoms with Crippen LogP contribution in [0.4, 0.5) is 11.8 Å². The van der Waals surface area contributed by atoms with Crippen molar-refractivity contribution in [3.05, 3.63) is 78.9 Å². The molecule has 0 aliphatic carbocycles. The third-order valence-electron chi connectivity index (χ3n) is 3.83. The van der Waals surface area contributed by atoms with Crippen molar-refractivity contribution in [3.8, 4) is 17.0 Å². The Morgan fingerprint density at radius 2 is 1.77 bits per heavy atom. The fourth-order valence-corrected chi connectivity index (χ4v) is 2.47. The number of nitrogens with zero attached hydrogens (tertiary/aromatic N) is 2. The highest BCUT2D eigenvalue weighted by Crippen LogP contribution is 2.22. The van der Waals surface area contributed by atoms with Crippen molar-refractivity contribution >= 4 is 11.8 Å². The van der Waals surface area contributed by atoms with Gasteiger partial charge in [-0.1, -0.05) is 48.5 Å². The van der Waals surface area contributed by atoms with Crippen molar-refractivity contribution in [1.29, 1.82) is 0 Å². The molecule has 0 radical (unpaired) electrons. The van der Waals surface area contributed by atoms with Crippen LogP contribution in [0.5, 0.6) is 5.75 Å². The molecule has 2 N–H and O–H groups in total. The lowest BCUT2D eigenvalue weighted by Crippen LogP contribution is -2.08. The van der Waals surface area contributed by atoms with Gasteiger partial charge in [-0.15, -0.1) is 6.58 Å². The molecule has 5 heteroatoms. The zero-order valence-corrected chi connectivity index (χ0v) is 14.8. The van der Waals surface area contributed by atoms with Crippen molar-refractivity contribution in [2.24, 2.45) is 0 Å². The number of methoxy groups -OCH3 is 1. The summed E-state index contributed by atoms with van der Waals surface area (Å²) in [7, 11) is 1.66. The lowest BCUT2D eigenvalue weighted by Gasteiger charge is -2.11. The Hall–Kier alpha value is -3.34. The number of rotatable bonds is 8. The topological polar surface area (TPSA) is 59.1 Å². The molecule has 26 heavy (non-hydrogen) atoms. The predicted octanol–water partition coefficient (Wildman–Crippen LogP) is 4.36. The molecule has 3 aromatic rings. The van der Waals surface area contributed by atoms with Crippen LogP contribution in [0.15, 0.2) is 73.3 Å². The van der Waals surface area contributed by atoms with E-state index in [4.69, 9.17) is 4.74 Å². The Morgan fingerprint density at radius 1 is 1.00 bits per heavy atom. The third kappa shape index (κ3) is 4.60. The number of nitrogens with one attached hydrogen (secondary N) is 2. The molecule has 3 rings (SSSR count). The van der Waals surface area contributed by atoms with Crippen LogP contribution in [-0.4, -0.2) is 23.6 Å². The number of anilines is 2. The average molecular weight is 346 g/mol. The first-order chi connectivity index (χ1) is 12.8. The summed E-state index contributed by atoms with van der Waals surface area (Å²) in [5.74, 6) is 2.18. The van der Waals surface area contributed by atoms with E-state index in [0.717, 1.165) is 28.4 Å². The maximum absolute atomic E-state index is 5.19. The standard InChI is InChI=1S/C21H22N4O/c1-3-13-22-21-24-19(17-7-5-4-6-8-17)14-20(25-21)23-15-16-9-11-18(26-2)12-10-16/h3-12,14H,1,13,15H2,2H3,(H2,22,23,24,25). The molecule has 0 bridgehead atoms. The van der Waals surface area contributed by atoms with Crippen LogP contribution in [0.3, 0.4) is 0 Å². The van der Waals surface area contributed by atoms with Crippen LogP contribution in [-0.2, 0) is 6.54 Å². The van der Waals surface area contributed by atoms with Gasteiger partial charge in [0.1, 0.15) is 11.6 Å². The largest absolute Gasteiger partial charge is 0.497 e. The van der Waals surface area contributed by atoms with Crippen molar-refractivity contribution in [2.75, 3.05) is 24.3 Å². The lowest BCUT2D eigenvalue weighted by atomic mass is 10.1. The third-order valence-corrected chi connectivity index (χ3v) is 3.83. The van der Waals surface area contributed by atoms with E-state index in [1.165, 1.54) is 0 Å². The Labute approximate surface area is 153 Å². The molecule has 0 aliphatic heterocycles. The predicted molar refractivity (Wildman–Crippen MR) is 106 cm³/mol. The molecule has 0 saturated carbocycles. The van der Waals surface area contributed by atoms with Gasteiger partial charge in [-0.3, -0.25) is 0 Å². The van der Waals surface area contributed by atoms with Crippen LogP contribution in [0.25, 0.3) is 11.3 Å². The van der Waals surface area contributed by atoms with Crippen LogP contribution in [0, 0.1) is 0 Å². The van der Waals surface area contributed by atoms with Gasteiger partial charge in [-0.25, -0.2) is 4.98 Å². The van der Waals surface area contributed by atoms with Crippen LogP contribution < -0.4 is 15.4 Å². The monoisotopic (exact) mass is 346 g/mol. The molecule has 1 heterocycles. The highest BCUT2D eigenvalue weighted by molar-refractivity contribution is 5.64. The normalized spacial score (nSPS) is 10.2. The highest BCUT2D eigenvalue weighted by atomic mass is 16.5. The van der Waals surface area contributed by atoms with Crippen molar-refractivity contribution in [1.82, 2.24) is 9.97 Å². The van der Waals surface area contributed by atoms with Gasteiger partial charge < -0.3 is 15.4 Å². The molecule has 132 valence electrons. The lowest BCUT2D eigenvalue weighted by molar-refractivity contribution is 0.414. The van der Waals surface area contributed by atoms with E-state index in [9.17, 15) is 0 Å². The fourth-order valence-electron chi connectivity index (χ4n) is 2.47. The van der Waals surface area contributed by atoms with Gasteiger partial charge >= 0.3 is 0 Å². The molecule has 0 unspecified atom stereocenters. The second-order valence-corrected chi connectivity index (χ2v) is 5.70. The molecule has 0 aliphatic rings. The van der Waals surface area contributed by atoms with E-state index in [1.807, 2.05) is 60.7 Å². The summed E-state index contributed by atoms with van der Waals surface area (Å²) in [5.41, 5.74) is 3.06. The Morgan fingerprint density at radius 3 is 2.46 bits per heavy atom. The van der Waals surface area contributed by atoms with Crippen LogP contribution in [0.1, 0.15) is 5.56 Å². The minimum atomic E-state index is 0.573. The van der Waals surface area contributed by atoms with E-state index in [-0.39, 0.29) is 0 Å². The molecule has 0 atom stereocenters. The van der Waals surface area contributed by atoms with Crippen molar-refractivity contribution in [2.45, 2.75) is 6.54 Å². The van der Waals surface area contributed by atoms with Gasteiger partial charge in [0, 0.05) is 24.7 Å². The highest BCUT2D eigenvalue weighted by Gasteiger charge is 2.06. The average Bonchev–Trinajstić information content (AvgIpc) is 2.71. The summed E-state index contributed by atoms with van der Waals surface area (Å²) >= 11 is 0. The Kier molecular flexibility index (Phi) is 5.83. The van der Waals surface area contributed by atoms with Gasteiger partial charge in [0.25, 0.3) is 0 Å². The van der Waals surface area contributed by atoms with Gasteiger partial charge in [-0.05, 0) is 17.7 Å². The summed E-state index contributed by atoms with van der Waals surface area (Å²) in [5, 5.41) is 6.53. The maximum Gasteiger partial charge on any atom is 0.225 e. The minimum absolute atomic E-state index is 0.573.